The first-order valence-electron chi connectivity index (χ1n) is 8.93. The van der Waals surface area contributed by atoms with Crippen LogP contribution in [0.2, 0.25) is 0 Å². The van der Waals surface area contributed by atoms with Crippen LogP contribution < -0.4 is 5.32 Å². The van der Waals surface area contributed by atoms with Gasteiger partial charge in [0, 0.05) is 30.8 Å². The normalized spacial score (nSPS) is 17.0. The molecule has 5 nitrogen and oxygen atoms in total. The summed E-state index contributed by atoms with van der Waals surface area (Å²) in [5.41, 5.74) is 0.278. The Morgan fingerprint density at radius 3 is 2.78 bits per heavy atom. The highest BCUT2D eigenvalue weighted by molar-refractivity contribution is 7.09. The Hall–Kier alpha value is -2.35. The van der Waals surface area contributed by atoms with Crippen molar-refractivity contribution in [1.82, 2.24) is 15.2 Å². The Balaban J connectivity index is 1.68. The molecular weight excluding hydrogens is 372 g/mol. The summed E-state index contributed by atoms with van der Waals surface area (Å²) < 4.78 is 27.9. The van der Waals surface area contributed by atoms with E-state index in [-0.39, 0.29) is 11.8 Å². The van der Waals surface area contributed by atoms with Gasteiger partial charge in [0.2, 0.25) is 5.91 Å². The molecule has 0 saturated carbocycles. The third-order valence-corrected chi connectivity index (χ3v) is 5.65. The fourth-order valence-corrected chi connectivity index (χ4v) is 4.08. The molecule has 1 aromatic carbocycles. The maximum absolute atomic E-state index is 13.9. The van der Waals surface area contributed by atoms with E-state index in [1.807, 2.05) is 5.38 Å². The molecular formula is C19H21F2N3O2S. The van der Waals surface area contributed by atoms with Crippen LogP contribution in [0.4, 0.5) is 8.78 Å². The predicted molar refractivity (Wildman–Crippen MR) is 98.5 cm³/mol. The Morgan fingerprint density at radius 1 is 1.33 bits per heavy atom. The molecule has 2 aromatic rings. The number of carbonyl (C=O) groups excluding carboxylic acids is 2. The van der Waals surface area contributed by atoms with Crippen molar-refractivity contribution in [2.75, 3.05) is 13.1 Å². The van der Waals surface area contributed by atoms with E-state index in [2.05, 4.69) is 10.3 Å². The zero-order chi connectivity index (χ0) is 19.4. The molecule has 3 rings (SSSR count). The quantitative estimate of drug-likeness (QED) is 0.846. The minimum atomic E-state index is -0.842. The SMILES string of the molecule is CCC(=O)NCc1csc([C@H]2CCCN(C(=O)c3c(F)cccc3F)C2)n1. The number of hydrogen-bond donors (Lipinski definition) is 1. The summed E-state index contributed by atoms with van der Waals surface area (Å²) in [5, 5.41) is 5.55. The number of carbonyl (C=O) groups is 2. The van der Waals surface area contributed by atoms with Crippen molar-refractivity contribution in [1.29, 1.82) is 0 Å². The van der Waals surface area contributed by atoms with Crippen LogP contribution in [-0.2, 0) is 11.3 Å². The van der Waals surface area contributed by atoms with Crippen LogP contribution in [0.1, 0.15) is 53.2 Å². The number of nitrogens with one attached hydrogen (secondary N) is 1. The molecule has 0 radical (unpaired) electrons. The van der Waals surface area contributed by atoms with Gasteiger partial charge in [0.05, 0.1) is 17.2 Å². The maximum atomic E-state index is 13.9. The number of thiazole rings is 1. The van der Waals surface area contributed by atoms with E-state index < -0.39 is 23.1 Å². The molecule has 1 aliphatic rings. The fourth-order valence-electron chi connectivity index (χ4n) is 3.13. The van der Waals surface area contributed by atoms with Crippen molar-refractivity contribution in [2.45, 2.75) is 38.6 Å². The summed E-state index contributed by atoms with van der Waals surface area (Å²) in [5.74, 6) is -2.32. The van der Waals surface area contributed by atoms with Gasteiger partial charge in [-0.05, 0) is 25.0 Å². The lowest BCUT2D eigenvalue weighted by atomic mass is 9.98. The molecule has 1 atom stereocenters. The molecule has 0 unspecified atom stereocenters. The summed E-state index contributed by atoms with van der Waals surface area (Å²) in [6, 6.07) is 3.43. The van der Waals surface area contributed by atoms with Crippen molar-refractivity contribution in [3.8, 4) is 0 Å². The number of amides is 2. The maximum Gasteiger partial charge on any atom is 0.259 e. The molecule has 1 N–H and O–H groups in total. The van der Waals surface area contributed by atoms with E-state index in [4.69, 9.17) is 0 Å². The summed E-state index contributed by atoms with van der Waals surface area (Å²) in [6.07, 6.45) is 2.02. The largest absolute Gasteiger partial charge is 0.350 e. The molecule has 27 heavy (non-hydrogen) atoms. The average Bonchev–Trinajstić information content (AvgIpc) is 3.15. The number of piperidine rings is 1. The Bertz CT molecular complexity index is 820. The van der Waals surface area contributed by atoms with Gasteiger partial charge in [-0.1, -0.05) is 13.0 Å². The lowest BCUT2D eigenvalue weighted by molar-refractivity contribution is -0.120. The first-order chi connectivity index (χ1) is 13.0. The molecule has 0 aliphatic carbocycles. The van der Waals surface area contributed by atoms with Gasteiger partial charge in [0.1, 0.15) is 17.2 Å². The number of halogens is 2. The third kappa shape index (κ3) is 4.50. The highest BCUT2D eigenvalue weighted by atomic mass is 32.1. The predicted octanol–water partition coefficient (Wildman–Crippen LogP) is 3.47. The zero-order valence-corrected chi connectivity index (χ0v) is 15.8. The Labute approximate surface area is 160 Å². The highest BCUT2D eigenvalue weighted by Gasteiger charge is 2.30. The van der Waals surface area contributed by atoms with E-state index in [0.29, 0.717) is 26.1 Å². The average molecular weight is 393 g/mol. The molecule has 2 amide bonds. The van der Waals surface area contributed by atoms with E-state index in [1.54, 1.807) is 6.92 Å². The molecule has 2 heterocycles. The van der Waals surface area contributed by atoms with Gasteiger partial charge in [0.15, 0.2) is 0 Å². The van der Waals surface area contributed by atoms with Crippen molar-refractivity contribution < 1.29 is 18.4 Å². The van der Waals surface area contributed by atoms with Crippen LogP contribution in [0, 0.1) is 11.6 Å². The molecule has 0 spiro atoms. The second-order valence-electron chi connectivity index (χ2n) is 6.49. The second-order valence-corrected chi connectivity index (χ2v) is 7.38. The standard InChI is InChI=1S/C19H21F2N3O2S/c1-2-16(25)22-9-13-11-27-18(23-13)12-5-4-8-24(10-12)19(26)17-14(20)6-3-7-15(17)21/h3,6-7,11-12H,2,4-5,8-10H2,1H3,(H,22,25)/t12-/m0/s1. The Morgan fingerprint density at radius 2 is 2.07 bits per heavy atom. The molecule has 1 saturated heterocycles. The van der Waals surface area contributed by atoms with Crippen LogP contribution in [0.5, 0.6) is 0 Å². The molecule has 8 heteroatoms. The number of nitrogens with zero attached hydrogens (tertiary/aromatic N) is 2. The fraction of sp³-hybridized carbons (Fsp3) is 0.421. The van der Waals surface area contributed by atoms with Gasteiger partial charge < -0.3 is 10.2 Å². The van der Waals surface area contributed by atoms with Crippen LogP contribution in [0.3, 0.4) is 0 Å². The summed E-state index contributed by atoms with van der Waals surface area (Å²) in [6.45, 7) is 3.00. The number of benzene rings is 1. The molecule has 1 aliphatic heterocycles. The monoisotopic (exact) mass is 393 g/mol. The van der Waals surface area contributed by atoms with Gasteiger partial charge in [-0.25, -0.2) is 13.8 Å². The van der Waals surface area contributed by atoms with Crippen LogP contribution in [-0.4, -0.2) is 34.8 Å². The van der Waals surface area contributed by atoms with Crippen molar-refractivity contribution in [3.05, 3.63) is 51.5 Å². The summed E-state index contributed by atoms with van der Waals surface area (Å²) >= 11 is 1.48. The number of hydrogen-bond acceptors (Lipinski definition) is 4. The summed E-state index contributed by atoms with van der Waals surface area (Å²) in [7, 11) is 0. The smallest absolute Gasteiger partial charge is 0.259 e. The van der Waals surface area contributed by atoms with Crippen molar-refractivity contribution >= 4 is 23.2 Å². The van der Waals surface area contributed by atoms with E-state index in [1.165, 1.54) is 22.3 Å². The lowest BCUT2D eigenvalue weighted by Gasteiger charge is -2.32. The van der Waals surface area contributed by atoms with E-state index >= 15 is 0 Å². The third-order valence-electron chi connectivity index (χ3n) is 4.59. The first-order valence-corrected chi connectivity index (χ1v) is 9.81. The number of rotatable bonds is 5. The molecule has 1 fully saturated rings. The number of likely N-dealkylation sites (tertiary alicyclic amines) is 1. The molecule has 0 bridgehead atoms. The second kappa shape index (κ2) is 8.56. The molecule has 1 aromatic heterocycles. The summed E-state index contributed by atoms with van der Waals surface area (Å²) in [4.78, 5) is 30.0. The number of aromatic nitrogens is 1. The zero-order valence-electron chi connectivity index (χ0n) is 15.0. The van der Waals surface area contributed by atoms with Gasteiger partial charge in [0.25, 0.3) is 5.91 Å². The van der Waals surface area contributed by atoms with Gasteiger partial charge in [-0.3, -0.25) is 9.59 Å². The van der Waals surface area contributed by atoms with Crippen LogP contribution in [0.15, 0.2) is 23.6 Å². The highest BCUT2D eigenvalue weighted by Crippen LogP contribution is 2.30. The van der Waals surface area contributed by atoms with Crippen molar-refractivity contribution in [3.63, 3.8) is 0 Å². The minimum absolute atomic E-state index is 0.0261. The van der Waals surface area contributed by atoms with Gasteiger partial charge >= 0.3 is 0 Å². The van der Waals surface area contributed by atoms with Gasteiger partial charge in [-0.15, -0.1) is 11.3 Å². The Kier molecular flexibility index (Phi) is 6.15. The van der Waals surface area contributed by atoms with Gasteiger partial charge in [-0.2, -0.15) is 0 Å². The van der Waals surface area contributed by atoms with Crippen molar-refractivity contribution in [2.24, 2.45) is 0 Å². The topological polar surface area (TPSA) is 62.3 Å². The molecule has 144 valence electrons. The van der Waals surface area contributed by atoms with E-state index in [9.17, 15) is 18.4 Å². The van der Waals surface area contributed by atoms with E-state index in [0.717, 1.165) is 35.7 Å². The van der Waals surface area contributed by atoms with Crippen LogP contribution >= 0.6 is 11.3 Å². The van der Waals surface area contributed by atoms with Crippen LogP contribution in [0.25, 0.3) is 0 Å². The lowest BCUT2D eigenvalue weighted by Crippen LogP contribution is -2.39. The minimum Gasteiger partial charge on any atom is -0.350 e. The first kappa shape index (κ1) is 19.4.